The number of carbonyl (C=O) groups is 2. The Morgan fingerprint density at radius 3 is 2.41 bits per heavy atom. The van der Waals surface area contributed by atoms with Crippen LogP contribution in [0.1, 0.15) is 62.3 Å². The molecule has 0 N–H and O–H groups in total. The first kappa shape index (κ1) is 24.1. The van der Waals surface area contributed by atoms with Crippen molar-refractivity contribution in [2.75, 3.05) is 13.7 Å². The molecule has 9 heteroatoms. The molecule has 0 unspecified atom stereocenters. The van der Waals surface area contributed by atoms with E-state index in [0.717, 1.165) is 43.2 Å². The Morgan fingerprint density at radius 1 is 1.22 bits per heavy atom. The lowest BCUT2D eigenvalue weighted by atomic mass is 9.94. The highest BCUT2D eigenvalue weighted by Crippen LogP contribution is 2.50. The molecule has 2 atom stereocenters. The molecule has 2 amide bonds. The van der Waals surface area contributed by atoms with E-state index in [1.807, 2.05) is 38.1 Å². The van der Waals surface area contributed by atoms with Gasteiger partial charge in [-0.3, -0.25) is 15.0 Å². The van der Waals surface area contributed by atoms with E-state index in [9.17, 15) is 19.7 Å². The summed E-state index contributed by atoms with van der Waals surface area (Å²) in [6.07, 6.45) is 5.11. The highest BCUT2D eigenvalue weighted by molar-refractivity contribution is 8.03. The summed E-state index contributed by atoms with van der Waals surface area (Å²) in [5, 5.41) is 11.7. The SMILES string of the molecule is CCOC(=O)/C(=C1\S[C@H](c2ccc(C)cc2)[C@@H](C)N1C(=O)N(C)C1CCCCC1)[N+](=O)[O-]. The summed E-state index contributed by atoms with van der Waals surface area (Å²) in [7, 11) is 1.75. The Hall–Kier alpha value is -2.55. The largest absolute Gasteiger partial charge is 0.458 e. The van der Waals surface area contributed by atoms with Crippen LogP contribution in [0.2, 0.25) is 0 Å². The number of urea groups is 1. The number of nitro groups is 1. The molecule has 1 heterocycles. The monoisotopic (exact) mass is 461 g/mol. The first-order valence-electron chi connectivity index (χ1n) is 11.1. The van der Waals surface area contributed by atoms with Crippen molar-refractivity contribution in [1.82, 2.24) is 9.80 Å². The second kappa shape index (κ2) is 10.4. The minimum Gasteiger partial charge on any atom is -0.458 e. The second-order valence-electron chi connectivity index (χ2n) is 8.38. The maximum atomic E-state index is 13.6. The van der Waals surface area contributed by atoms with Crippen LogP contribution in [-0.4, -0.2) is 52.5 Å². The second-order valence-corrected chi connectivity index (χ2v) is 9.51. The number of nitrogens with zero attached hydrogens (tertiary/aromatic N) is 3. The molecule has 174 valence electrons. The maximum Gasteiger partial charge on any atom is 0.412 e. The molecule has 1 aromatic rings. The molecule has 1 saturated heterocycles. The van der Waals surface area contributed by atoms with Crippen LogP contribution >= 0.6 is 11.8 Å². The van der Waals surface area contributed by atoms with Gasteiger partial charge in [0.05, 0.1) is 22.8 Å². The summed E-state index contributed by atoms with van der Waals surface area (Å²) in [6, 6.07) is 7.29. The average Bonchev–Trinajstić information content (AvgIpc) is 3.10. The Kier molecular flexibility index (Phi) is 7.82. The van der Waals surface area contributed by atoms with Gasteiger partial charge in [0.15, 0.2) is 5.03 Å². The number of rotatable bonds is 5. The van der Waals surface area contributed by atoms with Gasteiger partial charge < -0.3 is 9.64 Å². The predicted octanol–water partition coefficient (Wildman–Crippen LogP) is 4.87. The topological polar surface area (TPSA) is 93.0 Å². The van der Waals surface area contributed by atoms with E-state index in [0.29, 0.717) is 0 Å². The quantitative estimate of drug-likeness (QED) is 0.269. The first-order valence-corrected chi connectivity index (χ1v) is 12.0. The molecule has 1 saturated carbocycles. The van der Waals surface area contributed by atoms with Crippen LogP contribution in [-0.2, 0) is 9.53 Å². The summed E-state index contributed by atoms with van der Waals surface area (Å²) >= 11 is 1.18. The van der Waals surface area contributed by atoms with Crippen LogP contribution in [0, 0.1) is 17.0 Å². The van der Waals surface area contributed by atoms with Gasteiger partial charge in [0.25, 0.3) is 0 Å². The van der Waals surface area contributed by atoms with E-state index in [2.05, 4.69) is 0 Å². The Bertz CT molecular complexity index is 895. The van der Waals surface area contributed by atoms with Crippen LogP contribution < -0.4 is 0 Å². The number of ether oxygens (including phenoxy) is 1. The lowest BCUT2D eigenvalue weighted by Crippen LogP contribution is -2.48. The molecule has 0 bridgehead atoms. The molecule has 32 heavy (non-hydrogen) atoms. The lowest BCUT2D eigenvalue weighted by molar-refractivity contribution is -0.422. The van der Waals surface area contributed by atoms with Gasteiger partial charge in [0.1, 0.15) is 0 Å². The van der Waals surface area contributed by atoms with Crippen LogP contribution in [0.25, 0.3) is 0 Å². The maximum absolute atomic E-state index is 13.6. The molecule has 1 aliphatic heterocycles. The van der Waals surface area contributed by atoms with Crippen LogP contribution in [0.4, 0.5) is 4.79 Å². The molecule has 0 spiro atoms. The number of amides is 2. The molecule has 0 radical (unpaired) electrons. The van der Waals surface area contributed by atoms with Gasteiger partial charge in [-0.2, -0.15) is 0 Å². The molecule has 1 aromatic carbocycles. The van der Waals surface area contributed by atoms with Gasteiger partial charge in [-0.25, -0.2) is 9.59 Å². The zero-order valence-corrected chi connectivity index (χ0v) is 19.9. The number of benzene rings is 1. The van der Waals surface area contributed by atoms with E-state index in [4.69, 9.17) is 4.74 Å². The van der Waals surface area contributed by atoms with E-state index in [1.165, 1.54) is 16.7 Å². The fourth-order valence-corrected chi connectivity index (χ4v) is 5.84. The number of carbonyl (C=O) groups excluding carboxylic acids is 2. The number of esters is 1. The summed E-state index contributed by atoms with van der Waals surface area (Å²) in [5.74, 6) is -1.02. The number of aryl methyl sites for hydroxylation is 1. The Morgan fingerprint density at radius 2 is 1.84 bits per heavy atom. The third-order valence-corrected chi connectivity index (χ3v) is 7.73. The minimum absolute atomic E-state index is 0.0149. The van der Waals surface area contributed by atoms with Crippen LogP contribution in [0.15, 0.2) is 35.0 Å². The highest BCUT2D eigenvalue weighted by atomic mass is 32.2. The molecule has 2 fully saturated rings. The van der Waals surface area contributed by atoms with E-state index >= 15 is 0 Å². The molecular weight excluding hydrogens is 430 g/mol. The third kappa shape index (κ3) is 4.92. The summed E-state index contributed by atoms with van der Waals surface area (Å²) in [4.78, 5) is 40.5. The molecule has 2 aliphatic rings. The van der Waals surface area contributed by atoms with Crippen molar-refractivity contribution in [1.29, 1.82) is 0 Å². The van der Waals surface area contributed by atoms with Crippen molar-refractivity contribution in [3.8, 4) is 0 Å². The van der Waals surface area contributed by atoms with Crippen molar-refractivity contribution < 1.29 is 19.2 Å². The fraction of sp³-hybridized carbons (Fsp3) is 0.565. The molecule has 3 rings (SSSR count). The molecular formula is C23H31N3O5S. The smallest absolute Gasteiger partial charge is 0.412 e. The van der Waals surface area contributed by atoms with Gasteiger partial charge in [-0.05, 0) is 39.2 Å². The lowest BCUT2D eigenvalue weighted by Gasteiger charge is -2.35. The van der Waals surface area contributed by atoms with E-state index in [1.54, 1.807) is 18.9 Å². The first-order chi connectivity index (χ1) is 15.3. The van der Waals surface area contributed by atoms with Crippen molar-refractivity contribution in [3.63, 3.8) is 0 Å². The normalized spacial score (nSPS) is 23.1. The summed E-state index contributed by atoms with van der Waals surface area (Å²) < 4.78 is 4.97. The van der Waals surface area contributed by atoms with Gasteiger partial charge in [0, 0.05) is 13.1 Å². The zero-order valence-electron chi connectivity index (χ0n) is 19.1. The number of hydrogen-bond donors (Lipinski definition) is 0. The van der Waals surface area contributed by atoms with Gasteiger partial charge in [0.2, 0.25) is 0 Å². The standard InChI is InChI=1S/C23H31N3O5S/c1-5-31-22(27)19(26(29)30)21-25(23(28)24(4)18-9-7-6-8-10-18)16(3)20(32-21)17-13-11-15(2)12-14-17/h11-14,16,18,20H,5-10H2,1-4H3/b21-19+/t16-,20+/m1/s1. The van der Waals surface area contributed by atoms with Gasteiger partial charge >= 0.3 is 17.7 Å². The molecule has 8 nitrogen and oxygen atoms in total. The predicted molar refractivity (Wildman–Crippen MR) is 123 cm³/mol. The number of thioether (sulfide) groups is 1. The molecule has 0 aromatic heterocycles. The fourth-order valence-electron chi connectivity index (χ4n) is 4.36. The number of hydrogen-bond acceptors (Lipinski definition) is 6. The van der Waals surface area contributed by atoms with E-state index in [-0.39, 0.29) is 35.0 Å². The Labute approximate surface area is 193 Å². The van der Waals surface area contributed by atoms with Crippen LogP contribution in [0.5, 0.6) is 0 Å². The summed E-state index contributed by atoms with van der Waals surface area (Å²) in [5.41, 5.74) is 1.37. The van der Waals surface area contributed by atoms with Crippen molar-refractivity contribution in [2.24, 2.45) is 0 Å². The van der Waals surface area contributed by atoms with Gasteiger partial charge in [-0.1, -0.05) is 60.9 Å². The van der Waals surface area contributed by atoms with Crippen LogP contribution in [0.3, 0.4) is 0 Å². The van der Waals surface area contributed by atoms with Crippen molar-refractivity contribution in [3.05, 3.63) is 56.2 Å². The summed E-state index contributed by atoms with van der Waals surface area (Å²) in [6.45, 7) is 5.47. The van der Waals surface area contributed by atoms with E-state index < -0.39 is 16.6 Å². The minimum atomic E-state index is -1.02. The average molecular weight is 462 g/mol. The zero-order chi connectivity index (χ0) is 23.4. The highest BCUT2D eigenvalue weighted by Gasteiger charge is 2.48. The van der Waals surface area contributed by atoms with Crippen molar-refractivity contribution in [2.45, 2.75) is 70.2 Å². The van der Waals surface area contributed by atoms with Crippen molar-refractivity contribution >= 4 is 23.8 Å². The van der Waals surface area contributed by atoms with Gasteiger partial charge in [-0.15, -0.1) is 0 Å². The molecule has 1 aliphatic carbocycles. The Balaban J connectivity index is 2.04. The third-order valence-electron chi connectivity index (χ3n) is 6.19.